The van der Waals surface area contributed by atoms with Crippen LogP contribution in [0.5, 0.6) is 0 Å². The Labute approximate surface area is 146 Å². The monoisotopic (exact) mass is 332 g/mol. The summed E-state index contributed by atoms with van der Waals surface area (Å²) in [7, 11) is 0. The van der Waals surface area contributed by atoms with Gasteiger partial charge in [0.25, 0.3) is 0 Å². The molecule has 1 aromatic rings. The Morgan fingerprint density at radius 3 is 2.42 bits per heavy atom. The first-order valence-electron chi connectivity index (χ1n) is 9.01. The van der Waals surface area contributed by atoms with Crippen molar-refractivity contribution in [3.8, 4) is 0 Å². The van der Waals surface area contributed by atoms with Crippen molar-refractivity contribution in [1.82, 2.24) is 15.0 Å². The Kier molecular flexibility index (Phi) is 5.86. The topological polar surface area (TPSA) is 54.2 Å². The Morgan fingerprint density at radius 2 is 1.92 bits per heavy atom. The molecule has 0 aromatic carbocycles. The number of allylic oxidation sites excluding steroid dienone is 4. The van der Waals surface area contributed by atoms with Crippen molar-refractivity contribution >= 4 is 11.5 Å². The fourth-order valence-corrected chi connectivity index (χ4v) is 3.33. The zero-order chi connectivity index (χ0) is 17.9. The fourth-order valence-electron chi connectivity index (χ4n) is 3.33. The number of hydrogen-bond acceptors (Lipinski definition) is 4. The normalized spacial score (nSPS) is 18.4. The molecule has 0 amide bonds. The minimum absolute atomic E-state index is 0.0836. The van der Waals surface area contributed by atoms with Gasteiger partial charge in [-0.25, -0.2) is 4.68 Å². The van der Waals surface area contributed by atoms with Crippen molar-refractivity contribution in [3.05, 3.63) is 23.4 Å². The van der Waals surface area contributed by atoms with Crippen LogP contribution < -0.4 is 4.90 Å². The molecule has 2 rings (SSSR count). The summed E-state index contributed by atoms with van der Waals surface area (Å²) in [4.78, 5) is 2.20. The fraction of sp³-hybridized carbons (Fsp3) is 0.684. The lowest BCUT2D eigenvalue weighted by Gasteiger charge is -2.29. The van der Waals surface area contributed by atoms with Crippen LogP contribution in [0.3, 0.4) is 0 Å². The van der Waals surface area contributed by atoms with E-state index < -0.39 is 0 Å². The molecule has 5 heteroatoms. The summed E-state index contributed by atoms with van der Waals surface area (Å²) in [5, 5.41) is 18.1. The van der Waals surface area contributed by atoms with Gasteiger partial charge in [-0.3, -0.25) is 0 Å². The molecule has 1 aliphatic rings. The summed E-state index contributed by atoms with van der Waals surface area (Å²) in [6.45, 7) is 15.0. The van der Waals surface area contributed by atoms with Crippen molar-refractivity contribution in [2.45, 2.75) is 61.0 Å². The van der Waals surface area contributed by atoms with Gasteiger partial charge in [0.2, 0.25) is 0 Å². The number of aliphatic hydroxyl groups excluding tert-OH is 1. The van der Waals surface area contributed by atoms with Crippen molar-refractivity contribution in [1.29, 1.82) is 0 Å². The van der Waals surface area contributed by atoms with Gasteiger partial charge < -0.3 is 10.0 Å². The van der Waals surface area contributed by atoms with Crippen molar-refractivity contribution in [3.63, 3.8) is 0 Å². The summed E-state index contributed by atoms with van der Waals surface area (Å²) in [6.07, 6.45) is 6.48. The lowest BCUT2D eigenvalue weighted by Crippen LogP contribution is -2.26. The van der Waals surface area contributed by atoms with Crippen molar-refractivity contribution < 1.29 is 5.11 Å². The third kappa shape index (κ3) is 4.07. The van der Waals surface area contributed by atoms with Crippen LogP contribution in [0.1, 0.15) is 60.1 Å². The summed E-state index contributed by atoms with van der Waals surface area (Å²) < 4.78 is 1.92. The molecule has 0 bridgehead atoms. The molecule has 1 unspecified atom stereocenters. The van der Waals surface area contributed by atoms with E-state index in [1.807, 2.05) is 4.68 Å². The summed E-state index contributed by atoms with van der Waals surface area (Å²) >= 11 is 0. The van der Waals surface area contributed by atoms with Crippen LogP contribution in [0.25, 0.3) is 5.70 Å². The summed E-state index contributed by atoms with van der Waals surface area (Å²) in [5.74, 6) is 1.42. The van der Waals surface area contributed by atoms with Gasteiger partial charge in [-0.1, -0.05) is 44.6 Å². The highest BCUT2D eigenvalue weighted by atomic mass is 16.3. The Balaban J connectivity index is 2.38. The largest absolute Gasteiger partial charge is 0.390 e. The van der Waals surface area contributed by atoms with Gasteiger partial charge in [-0.15, -0.1) is 5.10 Å². The molecule has 1 heterocycles. The predicted molar refractivity (Wildman–Crippen MR) is 99.7 cm³/mol. The second-order valence-corrected chi connectivity index (χ2v) is 7.84. The smallest absolute Gasteiger partial charge is 0.158 e. The van der Waals surface area contributed by atoms with Gasteiger partial charge in [0.15, 0.2) is 5.82 Å². The zero-order valence-electron chi connectivity index (χ0n) is 16.0. The second kappa shape index (κ2) is 7.51. The minimum Gasteiger partial charge on any atom is -0.390 e. The first-order chi connectivity index (χ1) is 11.3. The molecule has 0 spiro atoms. The third-order valence-corrected chi connectivity index (χ3v) is 4.57. The van der Waals surface area contributed by atoms with E-state index in [9.17, 15) is 5.11 Å². The molecule has 0 aliphatic heterocycles. The van der Waals surface area contributed by atoms with Crippen molar-refractivity contribution in [2.75, 3.05) is 18.0 Å². The molecule has 1 aromatic heterocycles. The number of aromatic nitrogens is 3. The number of hydrogen-bond donors (Lipinski definition) is 1. The number of aliphatic hydroxyl groups is 1. The Hall–Kier alpha value is -1.62. The molecule has 24 heavy (non-hydrogen) atoms. The van der Waals surface area contributed by atoms with E-state index in [4.69, 9.17) is 0 Å². The predicted octanol–water partition coefficient (Wildman–Crippen LogP) is 3.86. The molecule has 5 nitrogen and oxygen atoms in total. The number of nitrogens with zero attached hydrogens (tertiary/aromatic N) is 4. The average molecular weight is 332 g/mol. The zero-order valence-corrected chi connectivity index (χ0v) is 16.0. The maximum absolute atomic E-state index is 9.62. The van der Waals surface area contributed by atoms with Crippen LogP contribution in [0.2, 0.25) is 0 Å². The number of rotatable bonds is 6. The van der Waals surface area contributed by atoms with Crippen LogP contribution in [0.15, 0.2) is 17.7 Å². The summed E-state index contributed by atoms with van der Waals surface area (Å²) in [5.41, 5.74) is 3.60. The maximum atomic E-state index is 9.62. The van der Waals surface area contributed by atoms with E-state index in [2.05, 4.69) is 68.9 Å². The van der Waals surface area contributed by atoms with Crippen LogP contribution in [0, 0.1) is 11.3 Å². The molecular weight excluding hydrogens is 300 g/mol. The van der Waals surface area contributed by atoms with Gasteiger partial charge in [-0.05, 0) is 44.1 Å². The Bertz CT molecular complexity index is 618. The lowest BCUT2D eigenvalue weighted by atomic mass is 9.80. The van der Waals surface area contributed by atoms with E-state index in [-0.39, 0.29) is 6.61 Å². The Morgan fingerprint density at radius 1 is 1.25 bits per heavy atom. The van der Waals surface area contributed by atoms with Gasteiger partial charge in [0.05, 0.1) is 6.61 Å². The number of anilines is 1. The molecular formula is C19H32N4O. The van der Waals surface area contributed by atoms with Gasteiger partial charge in [0.1, 0.15) is 5.69 Å². The standard InChI is InChI=1S/C19H32N4O/c1-7-22(8-2)18-17(13-24)20-21-23(18)16-10-9-15(14(3)11-16)12-19(4,5)6/h9-10,14,24H,7-8,11-13H2,1-6H3. The lowest BCUT2D eigenvalue weighted by molar-refractivity contribution is 0.277. The second-order valence-electron chi connectivity index (χ2n) is 7.84. The minimum atomic E-state index is -0.0836. The van der Waals surface area contributed by atoms with Crippen LogP contribution >= 0.6 is 0 Å². The first kappa shape index (κ1) is 18.7. The van der Waals surface area contributed by atoms with E-state index in [0.29, 0.717) is 17.0 Å². The van der Waals surface area contributed by atoms with Crippen LogP contribution in [0.4, 0.5) is 5.82 Å². The average Bonchev–Trinajstić information content (AvgIpc) is 2.93. The van der Waals surface area contributed by atoms with Crippen LogP contribution in [-0.2, 0) is 6.61 Å². The van der Waals surface area contributed by atoms with Gasteiger partial charge >= 0.3 is 0 Å². The molecule has 0 saturated carbocycles. The molecule has 0 fully saturated rings. The van der Waals surface area contributed by atoms with E-state index in [1.54, 1.807) is 0 Å². The van der Waals surface area contributed by atoms with E-state index in [0.717, 1.165) is 37.4 Å². The molecule has 1 atom stereocenters. The highest BCUT2D eigenvalue weighted by molar-refractivity contribution is 5.59. The highest BCUT2D eigenvalue weighted by Gasteiger charge is 2.25. The van der Waals surface area contributed by atoms with Gasteiger partial charge in [-0.2, -0.15) is 0 Å². The molecule has 0 radical (unpaired) electrons. The summed E-state index contributed by atoms with van der Waals surface area (Å²) in [6, 6.07) is 0. The molecule has 1 N–H and O–H groups in total. The molecule has 134 valence electrons. The molecule has 0 saturated heterocycles. The highest BCUT2D eigenvalue weighted by Crippen LogP contribution is 2.36. The molecule has 1 aliphatic carbocycles. The third-order valence-electron chi connectivity index (χ3n) is 4.57. The quantitative estimate of drug-likeness (QED) is 0.859. The van der Waals surface area contributed by atoms with E-state index >= 15 is 0 Å². The maximum Gasteiger partial charge on any atom is 0.158 e. The van der Waals surface area contributed by atoms with E-state index in [1.165, 1.54) is 5.57 Å². The van der Waals surface area contributed by atoms with Crippen LogP contribution in [-0.4, -0.2) is 33.2 Å². The van der Waals surface area contributed by atoms with Crippen molar-refractivity contribution in [2.24, 2.45) is 11.3 Å². The first-order valence-corrected chi connectivity index (χ1v) is 9.01. The SMILES string of the molecule is CCN(CC)c1c(CO)nnn1C1=CC=C(CC(C)(C)C)C(C)C1. The van der Waals surface area contributed by atoms with Gasteiger partial charge in [0, 0.05) is 18.8 Å².